The van der Waals surface area contributed by atoms with Crippen LogP contribution in [-0.2, 0) is 0 Å². The zero-order valence-corrected chi connectivity index (χ0v) is 10.9. The van der Waals surface area contributed by atoms with Crippen molar-refractivity contribution in [1.29, 1.82) is 0 Å². The van der Waals surface area contributed by atoms with Crippen LogP contribution in [0.15, 0.2) is 22.7 Å². The summed E-state index contributed by atoms with van der Waals surface area (Å²) in [6.45, 7) is 1.30. The average Bonchev–Trinajstić information content (AvgIpc) is 2.32. The van der Waals surface area contributed by atoms with Gasteiger partial charge in [-0.05, 0) is 47.0 Å². The minimum Gasteiger partial charge on any atom is -0.337 e. The van der Waals surface area contributed by atoms with Crippen LogP contribution in [0.25, 0.3) is 0 Å². The zero-order chi connectivity index (χ0) is 12.4. The highest BCUT2D eigenvalue weighted by molar-refractivity contribution is 9.10. The largest absolute Gasteiger partial charge is 0.337 e. The van der Waals surface area contributed by atoms with Crippen molar-refractivity contribution in [3.63, 3.8) is 0 Å². The van der Waals surface area contributed by atoms with Gasteiger partial charge in [-0.2, -0.15) is 0 Å². The summed E-state index contributed by atoms with van der Waals surface area (Å²) in [6, 6.07) is 4.36. The van der Waals surface area contributed by atoms with Crippen LogP contribution in [0.1, 0.15) is 23.2 Å². The fraction of sp³-hybridized carbons (Fsp3) is 0.417. The predicted molar refractivity (Wildman–Crippen MR) is 67.2 cm³/mol. The first-order valence-corrected chi connectivity index (χ1v) is 6.37. The third-order valence-electron chi connectivity index (χ3n) is 2.91. The summed E-state index contributed by atoms with van der Waals surface area (Å²) < 4.78 is 13.4. The van der Waals surface area contributed by atoms with E-state index >= 15 is 0 Å². The molecule has 0 aliphatic carbocycles. The summed E-state index contributed by atoms with van der Waals surface area (Å²) in [5, 5.41) is 0. The Morgan fingerprint density at radius 3 is 2.94 bits per heavy atom. The summed E-state index contributed by atoms with van der Waals surface area (Å²) in [5.74, 6) is -0.447. The Hall–Kier alpha value is -0.940. The number of hydrogen-bond acceptors (Lipinski definition) is 2. The summed E-state index contributed by atoms with van der Waals surface area (Å²) in [7, 11) is 0. The molecule has 1 aromatic rings. The van der Waals surface area contributed by atoms with Gasteiger partial charge in [0.2, 0.25) is 0 Å². The lowest BCUT2D eigenvalue weighted by Gasteiger charge is -2.30. The van der Waals surface area contributed by atoms with Crippen molar-refractivity contribution in [3.8, 4) is 0 Å². The molecule has 2 rings (SSSR count). The van der Waals surface area contributed by atoms with Gasteiger partial charge < -0.3 is 10.6 Å². The molecule has 0 spiro atoms. The smallest absolute Gasteiger partial charge is 0.253 e. The molecule has 1 heterocycles. The van der Waals surface area contributed by atoms with Gasteiger partial charge in [0.05, 0.1) is 4.47 Å². The molecule has 92 valence electrons. The third kappa shape index (κ3) is 2.84. The molecule has 17 heavy (non-hydrogen) atoms. The number of carbonyl (C=O) groups excluding carboxylic acids is 1. The number of hydrogen-bond donors (Lipinski definition) is 1. The standard InChI is InChI=1S/C12H14BrFN2O/c13-10-6-8(3-4-11(10)14)12(17)16-5-1-2-9(15)7-16/h3-4,6,9H,1-2,5,7,15H2/t9-/m1/s1. The van der Waals surface area contributed by atoms with Gasteiger partial charge in [-0.3, -0.25) is 4.79 Å². The number of piperidine rings is 1. The van der Waals surface area contributed by atoms with E-state index < -0.39 is 0 Å². The molecule has 0 aromatic heterocycles. The van der Waals surface area contributed by atoms with Crippen LogP contribution in [0.4, 0.5) is 4.39 Å². The summed E-state index contributed by atoms with van der Waals surface area (Å²) in [6.07, 6.45) is 1.88. The number of rotatable bonds is 1. The summed E-state index contributed by atoms with van der Waals surface area (Å²) in [4.78, 5) is 13.9. The van der Waals surface area contributed by atoms with Gasteiger partial charge >= 0.3 is 0 Å². The number of benzene rings is 1. The Labute approximate surface area is 108 Å². The Balaban J connectivity index is 2.15. The van der Waals surface area contributed by atoms with Gasteiger partial charge in [0.15, 0.2) is 0 Å². The second-order valence-electron chi connectivity index (χ2n) is 4.28. The molecule has 0 saturated carbocycles. The number of amides is 1. The van der Waals surface area contributed by atoms with Crippen LogP contribution in [0.2, 0.25) is 0 Å². The van der Waals surface area contributed by atoms with Crippen LogP contribution in [-0.4, -0.2) is 29.9 Å². The number of nitrogens with two attached hydrogens (primary N) is 1. The number of carbonyl (C=O) groups is 1. The van der Waals surface area contributed by atoms with Crippen molar-refractivity contribution < 1.29 is 9.18 Å². The van der Waals surface area contributed by atoms with Gasteiger partial charge in [0.25, 0.3) is 5.91 Å². The average molecular weight is 301 g/mol. The fourth-order valence-corrected chi connectivity index (χ4v) is 2.38. The molecule has 1 atom stereocenters. The lowest BCUT2D eigenvalue weighted by atomic mass is 10.1. The molecule has 2 N–H and O–H groups in total. The summed E-state index contributed by atoms with van der Waals surface area (Å²) in [5.41, 5.74) is 6.32. The maximum Gasteiger partial charge on any atom is 0.253 e. The minimum absolute atomic E-state index is 0.0524. The van der Waals surface area contributed by atoms with Crippen molar-refractivity contribution in [2.75, 3.05) is 13.1 Å². The van der Waals surface area contributed by atoms with E-state index in [9.17, 15) is 9.18 Å². The molecule has 1 aromatic carbocycles. The number of likely N-dealkylation sites (tertiary alicyclic amines) is 1. The molecular formula is C12H14BrFN2O. The third-order valence-corrected chi connectivity index (χ3v) is 3.52. The highest BCUT2D eigenvalue weighted by Crippen LogP contribution is 2.19. The monoisotopic (exact) mass is 300 g/mol. The molecule has 1 fully saturated rings. The van der Waals surface area contributed by atoms with E-state index in [-0.39, 0.29) is 17.8 Å². The lowest BCUT2D eigenvalue weighted by molar-refractivity contribution is 0.0708. The highest BCUT2D eigenvalue weighted by atomic mass is 79.9. The second-order valence-corrected chi connectivity index (χ2v) is 5.14. The molecule has 0 unspecified atom stereocenters. The molecule has 3 nitrogen and oxygen atoms in total. The molecule has 1 amide bonds. The first-order chi connectivity index (χ1) is 8.08. The van der Waals surface area contributed by atoms with Crippen LogP contribution in [0.5, 0.6) is 0 Å². The maximum absolute atomic E-state index is 13.1. The van der Waals surface area contributed by atoms with Gasteiger partial charge in [-0.1, -0.05) is 0 Å². The van der Waals surface area contributed by atoms with Crippen LogP contribution >= 0.6 is 15.9 Å². The van der Waals surface area contributed by atoms with E-state index in [1.165, 1.54) is 18.2 Å². The SMILES string of the molecule is N[C@@H]1CCCN(C(=O)c2ccc(F)c(Br)c2)C1. The van der Waals surface area contributed by atoms with Gasteiger partial charge in [-0.25, -0.2) is 4.39 Å². The van der Waals surface area contributed by atoms with Gasteiger partial charge in [0, 0.05) is 24.7 Å². The molecule has 1 aliphatic heterocycles. The number of nitrogens with zero attached hydrogens (tertiary/aromatic N) is 1. The Kier molecular flexibility index (Phi) is 3.79. The normalized spacial score (nSPS) is 20.4. The Morgan fingerprint density at radius 2 is 2.29 bits per heavy atom. The van der Waals surface area contributed by atoms with E-state index in [4.69, 9.17) is 5.73 Å². The Morgan fingerprint density at radius 1 is 1.53 bits per heavy atom. The van der Waals surface area contributed by atoms with Crippen LogP contribution in [0.3, 0.4) is 0 Å². The number of halogens is 2. The van der Waals surface area contributed by atoms with E-state index in [2.05, 4.69) is 15.9 Å². The molecule has 1 aliphatic rings. The Bertz CT molecular complexity index is 439. The lowest BCUT2D eigenvalue weighted by Crippen LogP contribution is -2.45. The summed E-state index contributed by atoms with van der Waals surface area (Å²) >= 11 is 3.08. The molecular weight excluding hydrogens is 287 g/mol. The van der Waals surface area contributed by atoms with Crippen LogP contribution in [0, 0.1) is 5.82 Å². The van der Waals surface area contributed by atoms with Crippen molar-refractivity contribution in [1.82, 2.24) is 4.90 Å². The van der Waals surface area contributed by atoms with E-state index in [1.807, 2.05) is 0 Å². The predicted octanol–water partition coefficient (Wildman–Crippen LogP) is 2.15. The first-order valence-electron chi connectivity index (χ1n) is 5.58. The second kappa shape index (κ2) is 5.14. The van der Waals surface area contributed by atoms with Crippen LogP contribution < -0.4 is 5.73 Å². The molecule has 1 saturated heterocycles. The van der Waals surface area contributed by atoms with Crippen molar-refractivity contribution in [2.45, 2.75) is 18.9 Å². The molecule has 5 heteroatoms. The van der Waals surface area contributed by atoms with Crippen molar-refractivity contribution in [2.24, 2.45) is 5.73 Å². The molecule has 0 bridgehead atoms. The molecule has 0 radical (unpaired) electrons. The fourth-order valence-electron chi connectivity index (χ4n) is 2.01. The topological polar surface area (TPSA) is 46.3 Å². The van der Waals surface area contributed by atoms with Crippen molar-refractivity contribution in [3.05, 3.63) is 34.1 Å². The van der Waals surface area contributed by atoms with E-state index in [0.717, 1.165) is 19.4 Å². The minimum atomic E-state index is -0.364. The maximum atomic E-state index is 13.1. The zero-order valence-electron chi connectivity index (χ0n) is 9.33. The first kappa shape index (κ1) is 12.5. The van der Waals surface area contributed by atoms with E-state index in [0.29, 0.717) is 16.6 Å². The van der Waals surface area contributed by atoms with Gasteiger partial charge in [-0.15, -0.1) is 0 Å². The highest BCUT2D eigenvalue weighted by Gasteiger charge is 2.22. The van der Waals surface area contributed by atoms with Gasteiger partial charge in [0.1, 0.15) is 5.82 Å². The van der Waals surface area contributed by atoms with E-state index in [1.54, 1.807) is 4.90 Å². The quantitative estimate of drug-likeness (QED) is 0.864. The van der Waals surface area contributed by atoms with Crippen molar-refractivity contribution >= 4 is 21.8 Å².